The van der Waals surface area contributed by atoms with Crippen molar-refractivity contribution < 1.29 is 23.1 Å². The van der Waals surface area contributed by atoms with Crippen LogP contribution in [0.5, 0.6) is 5.75 Å². The summed E-state index contributed by atoms with van der Waals surface area (Å²) < 4.78 is 30.1. The van der Waals surface area contributed by atoms with Crippen LogP contribution in [0.15, 0.2) is 58.2 Å². The SMILES string of the molecule is O=C(NCc1cc(Br)ccc1OC(F)F)C1=NOC(c2ccccc2)C1. The van der Waals surface area contributed by atoms with Crippen LogP contribution in [0.1, 0.15) is 23.7 Å². The summed E-state index contributed by atoms with van der Waals surface area (Å²) >= 11 is 3.27. The molecule has 0 saturated carbocycles. The first-order valence-corrected chi connectivity index (χ1v) is 8.61. The van der Waals surface area contributed by atoms with Crippen molar-refractivity contribution in [1.82, 2.24) is 5.32 Å². The Bertz CT molecular complexity index is 815. The number of carbonyl (C=O) groups is 1. The van der Waals surface area contributed by atoms with E-state index in [0.717, 1.165) is 5.56 Å². The van der Waals surface area contributed by atoms with Gasteiger partial charge in [-0.2, -0.15) is 8.78 Å². The molecule has 2 aromatic rings. The molecule has 2 aromatic carbocycles. The fourth-order valence-electron chi connectivity index (χ4n) is 2.53. The second-order valence-electron chi connectivity index (χ2n) is 5.56. The van der Waals surface area contributed by atoms with Gasteiger partial charge in [0.25, 0.3) is 5.91 Å². The molecule has 0 spiro atoms. The number of hydrogen-bond donors (Lipinski definition) is 1. The van der Waals surface area contributed by atoms with E-state index in [1.165, 1.54) is 6.07 Å². The summed E-state index contributed by atoms with van der Waals surface area (Å²) in [5, 5.41) is 6.50. The minimum atomic E-state index is -2.94. The Balaban J connectivity index is 1.60. The highest BCUT2D eigenvalue weighted by atomic mass is 79.9. The Morgan fingerprint density at radius 2 is 2.08 bits per heavy atom. The number of halogens is 3. The number of nitrogens with zero attached hydrogens (tertiary/aromatic N) is 1. The highest BCUT2D eigenvalue weighted by Crippen LogP contribution is 2.27. The predicted molar refractivity (Wildman–Crippen MR) is 94.9 cm³/mol. The number of nitrogens with one attached hydrogen (secondary N) is 1. The van der Waals surface area contributed by atoms with Gasteiger partial charge >= 0.3 is 6.61 Å². The summed E-state index contributed by atoms with van der Waals surface area (Å²) in [6, 6.07) is 14.1. The summed E-state index contributed by atoms with van der Waals surface area (Å²) in [4.78, 5) is 17.6. The molecular weight excluding hydrogens is 410 g/mol. The first-order chi connectivity index (χ1) is 12.5. The quantitative estimate of drug-likeness (QED) is 0.756. The second kappa shape index (κ2) is 8.27. The van der Waals surface area contributed by atoms with Gasteiger partial charge in [-0.05, 0) is 23.8 Å². The van der Waals surface area contributed by atoms with Gasteiger partial charge in [-0.15, -0.1) is 0 Å². The van der Waals surface area contributed by atoms with Gasteiger partial charge in [0.1, 0.15) is 11.5 Å². The van der Waals surface area contributed by atoms with Crippen molar-refractivity contribution in [2.75, 3.05) is 0 Å². The molecule has 0 aromatic heterocycles. The zero-order valence-corrected chi connectivity index (χ0v) is 15.1. The van der Waals surface area contributed by atoms with Gasteiger partial charge in [0, 0.05) is 23.0 Å². The van der Waals surface area contributed by atoms with E-state index in [0.29, 0.717) is 16.5 Å². The van der Waals surface area contributed by atoms with Crippen LogP contribution >= 0.6 is 15.9 Å². The van der Waals surface area contributed by atoms with Crippen LogP contribution in [0.3, 0.4) is 0 Å². The van der Waals surface area contributed by atoms with Crippen molar-refractivity contribution in [2.24, 2.45) is 5.16 Å². The molecule has 1 unspecified atom stereocenters. The molecule has 1 amide bonds. The molecule has 1 atom stereocenters. The second-order valence-corrected chi connectivity index (χ2v) is 6.48. The highest BCUT2D eigenvalue weighted by molar-refractivity contribution is 9.10. The number of ether oxygens (including phenoxy) is 1. The van der Waals surface area contributed by atoms with Gasteiger partial charge in [0.15, 0.2) is 6.10 Å². The van der Waals surface area contributed by atoms with E-state index in [4.69, 9.17) is 4.84 Å². The third-order valence-electron chi connectivity index (χ3n) is 3.78. The van der Waals surface area contributed by atoms with E-state index in [2.05, 4.69) is 31.1 Å². The lowest BCUT2D eigenvalue weighted by atomic mass is 10.0. The molecule has 1 aliphatic rings. The van der Waals surface area contributed by atoms with Crippen LogP contribution in [0, 0.1) is 0 Å². The molecule has 1 N–H and O–H groups in total. The fourth-order valence-corrected chi connectivity index (χ4v) is 2.94. The average Bonchev–Trinajstić information content (AvgIpc) is 3.12. The Morgan fingerprint density at radius 3 is 2.81 bits per heavy atom. The van der Waals surface area contributed by atoms with Gasteiger partial charge in [-0.1, -0.05) is 51.4 Å². The maximum Gasteiger partial charge on any atom is 0.387 e. The number of alkyl halides is 2. The summed E-state index contributed by atoms with van der Waals surface area (Å²) in [5.41, 5.74) is 1.61. The van der Waals surface area contributed by atoms with E-state index >= 15 is 0 Å². The van der Waals surface area contributed by atoms with Crippen molar-refractivity contribution in [3.63, 3.8) is 0 Å². The number of carbonyl (C=O) groups excluding carboxylic acids is 1. The summed E-state index contributed by atoms with van der Waals surface area (Å²) in [6.45, 7) is -2.92. The lowest BCUT2D eigenvalue weighted by Crippen LogP contribution is -2.30. The number of oxime groups is 1. The number of benzene rings is 2. The molecule has 0 aliphatic carbocycles. The number of hydrogen-bond acceptors (Lipinski definition) is 4. The van der Waals surface area contributed by atoms with Crippen LogP contribution in [0.2, 0.25) is 0 Å². The van der Waals surface area contributed by atoms with E-state index in [1.807, 2.05) is 30.3 Å². The molecule has 0 bridgehead atoms. The first kappa shape index (κ1) is 18.3. The minimum Gasteiger partial charge on any atom is -0.434 e. The normalized spacial score (nSPS) is 16.2. The topological polar surface area (TPSA) is 59.9 Å². The average molecular weight is 425 g/mol. The van der Waals surface area contributed by atoms with Crippen molar-refractivity contribution in [3.8, 4) is 5.75 Å². The van der Waals surface area contributed by atoms with E-state index in [1.54, 1.807) is 12.1 Å². The van der Waals surface area contributed by atoms with Gasteiger partial charge < -0.3 is 14.9 Å². The molecule has 0 radical (unpaired) electrons. The molecule has 3 rings (SSSR count). The largest absolute Gasteiger partial charge is 0.434 e. The molecule has 136 valence electrons. The molecule has 8 heteroatoms. The van der Waals surface area contributed by atoms with Crippen molar-refractivity contribution in [2.45, 2.75) is 25.7 Å². The van der Waals surface area contributed by atoms with Gasteiger partial charge in [0.2, 0.25) is 0 Å². The Labute approximate surface area is 157 Å². The van der Waals surface area contributed by atoms with Gasteiger partial charge in [-0.3, -0.25) is 4.79 Å². The minimum absolute atomic E-state index is 0.00951. The van der Waals surface area contributed by atoms with Crippen LogP contribution in [-0.2, 0) is 16.2 Å². The van der Waals surface area contributed by atoms with Crippen LogP contribution in [0.25, 0.3) is 0 Å². The Morgan fingerprint density at radius 1 is 1.31 bits per heavy atom. The summed E-state index contributed by atoms with van der Waals surface area (Å²) in [7, 11) is 0. The zero-order chi connectivity index (χ0) is 18.5. The lowest BCUT2D eigenvalue weighted by Gasteiger charge is -2.12. The predicted octanol–water partition coefficient (Wildman–Crippen LogP) is 4.18. The van der Waals surface area contributed by atoms with Crippen LogP contribution in [0.4, 0.5) is 8.78 Å². The molecule has 1 heterocycles. The molecule has 0 saturated heterocycles. The third kappa shape index (κ3) is 4.57. The molecule has 1 aliphatic heterocycles. The Kier molecular flexibility index (Phi) is 5.82. The summed E-state index contributed by atoms with van der Waals surface area (Å²) in [6.07, 6.45) is 0.0369. The highest BCUT2D eigenvalue weighted by Gasteiger charge is 2.27. The van der Waals surface area contributed by atoms with E-state index in [-0.39, 0.29) is 24.1 Å². The molecule has 5 nitrogen and oxygen atoms in total. The van der Waals surface area contributed by atoms with Gasteiger partial charge in [0.05, 0.1) is 0 Å². The molecular formula is C18H15BrF2N2O3. The van der Waals surface area contributed by atoms with Crippen molar-refractivity contribution in [3.05, 3.63) is 64.1 Å². The first-order valence-electron chi connectivity index (χ1n) is 7.82. The number of amides is 1. The van der Waals surface area contributed by atoms with E-state index in [9.17, 15) is 13.6 Å². The van der Waals surface area contributed by atoms with Crippen molar-refractivity contribution in [1.29, 1.82) is 0 Å². The molecule has 0 fully saturated rings. The van der Waals surface area contributed by atoms with Crippen LogP contribution in [-0.4, -0.2) is 18.2 Å². The maximum atomic E-state index is 12.5. The number of rotatable bonds is 6. The van der Waals surface area contributed by atoms with Gasteiger partial charge in [-0.25, -0.2) is 0 Å². The van der Waals surface area contributed by atoms with Crippen molar-refractivity contribution >= 4 is 27.5 Å². The maximum absolute atomic E-state index is 12.5. The standard InChI is InChI=1S/C18H15BrF2N2O3/c19-13-6-7-15(25-18(20)21)12(8-13)10-22-17(24)14-9-16(26-23-14)11-4-2-1-3-5-11/h1-8,16,18H,9-10H2,(H,22,24). The Hall–Kier alpha value is -2.48. The zero-order valence-electron chi connectivity index (χ0n) is 13.5. The summed E-state index contributed by atoms with van der Waals surface area (Å²) in [5.74, 6) is -0.401. The molecule has 26 heavy (non-hydrogen) atoms. The fraction of sp³-hybridized carbons (Fsp3) is 0.222. The lowest BCUT2D eigenvalue weighted by molar-refractivity contribution is -0.115. The van der Waals surface area contributed by atoms with Crippen LogP contribution < -0.4 is 10.1 Å². The van der Waals surface area contributed by atoms with E-state index < -0.39 is 12.5 Å². The smallest absolute Gasteiger partial charge is 0.387 e. The monoisotopic (exact) mass is 424 g/mol. The third-order valence-corrected chi connectivity index (χ3v) is 4.27.